The molecule has 0 bridgehead atoms. The second-order valence-electron chi connectivity index (χ2n) is 6.48. The van der Waals surface area contributed by atoms with E-state index < -0.39 is 11.6 Å². The fraction of sp³-hybridized carbons (Fsp3) is 0.500. The minimum Gasteiger partial charge on any atom is -0.494 e. The van der Waals surface area contributed by atoms with Crippen LogP contribution in [-0.2, 0) is 9.59 Å². The van der Waals surface area contributed by atoms with Crippen molar-refractivity contribution in [3.05, 3.63) is 30.3 Å². The van der Waals surface area contributed by atoms with Gasteiger partial charge in [0, 0.05) is 19.5 Å². The fourth-order valence-electron chi connectivity index (χ4n) is 2.51. The monoisotopic (exact) mass is 347 g/mol. The highest BCUT2D eigenvalue weighted by molar-refractivity contribution is 6.06. The number of rotatable bonds is 9. The van der Waals surface area contributed by atoms with E-state index in [9.17, 15) is 14.4 Å². The third-order valence-corrected chi connectivity index (χ3v) is 3.89. The highest BCUT2D eigenvalue weighted by atomic mass is 16.5. The summed E-state index contributed by atoms with van der Waals surface area (Å²) in [5, 5.41) is 5.43. The summed E-state index contributed by atoms with van der Waals surface area (Å²) < 4.78 is 5.54. The summed E-state index contributed by atoms with van der Waals surface area (Å²) in [5.41, 5.74) is -0.863. The largest absolute Gasteiger partial charge is 0.494 e. The average Bonchev–Trinajstić information content (AvgIpc) is 2.77. The Kier molecular flexibility index (Phi) is 6.38. The van der Waals surface area contributed by atoms with Crippen LogP contribution in [0.25, 0.3) is 0 Å². The fourth-order valence-corrected chi connectivity index (χ4v) is 2.51. The van der Waals surface area contributed by atoms with Crippen molar-refractivity contribution >= 4 is 17.8 Å². The zero-order valence-corrected chi connectivity index (χ0v) is 14.7. The molecule has 7 heteroatoms. The molecule has 0 spiro atoms. The first-order valence-corrected chi connectivity index (χ1v) is 8.49. The number of hydrogen-bond acceptors (Lipinski definition) is 4. The van der Waals surface area contributed by atoms with Gasteiger partial charge in [-0.2, -0.15) is 0 Å². The number of urea groups is 1. The molecule has 1 aromatic carbocycles. The number of nitrogens with zero attached hydrogens (tertiary/aromatic N) is 1. The molecular weight excluding hydrogens is 322 g/mol. The maximum absolute atomic E-state index is 12.0. The first-order chi connectivity index (χ1) is 11.9. The van der Waals surface area contributed by atoms with Crippen molar-refractivity contribution < 1.29 is 19.1 Å². The first-order valence-electron chi connectivity index (χ1n) is 8.49. The molecule has 136 valence electrons. The van der Waals surface area contributed by atoms with Gasteiger partial charge < -0.3 is 15.4 Å². The van der Waals surface area contributed by atoms with Gasteiger partial charge in [0.1, 0.15) is 11.3 Å². The number of benzene rings is 1. The molecule has 1 aromatic rings. The third-order valence-electron chi connectivity index (χ3n) is 3.89. The number of carbonyl (C=O) groups is 3. The lowest BCUT2D eigenvalue weighted by atomic mass is 10.1. The molecule has 1 heterocycles. The van der Waals surface area contributed by atoms with Gasteiger partial charge in [-0.05, 0) is 38.8 Å². The number of amides is 4. The Bertz CT molecular complexity index is 616. The van der Waals surface area contributed by atoms with Gasteiger partial charge in [-0.15, -0.1) is 0 Å². The molecule has 0 unspecified atom stereocenters. The number of carbonyl (C=O) groups excluding carboxylic acids is 3. The van der Waals surface area contributed by atoms with Crippen LogP contribution in [0.3, 0.4) is 0 Å². The van der Waals surface area contributed by atoms with E-state index >= 15 is 0 Å². The van der Waals surface area contributed by atoms with Gasteiger partial charge in [0.05, 0.1) is 6.61 Å². The van der Waals surface area contributed by atoms with Crippen LogP contribution in [0.5, 0.6) is 5.75 Å². The summed E-state index contributed by atoms with van der Waals surface area (Å²) in [5.74, 6) is 0.465. The molecule has 0 radical (unpaired) electrons. The maximum atomic E-state index is 12.0. The number of ether oxygens (including phenoxy) is 1. The smallest absolute Gasteiger partial charge is 0.325 e. The number of imide groups is 1. The average molecular weight is 347 g/mol. The third kappa shape index (κ3) is 5.48. The van der Waals surface area contributed by atoms with Crippen molar-refractivity contribution in [3.8, 4) is 5.75 Å². The summed E-state index contributed by atoms with van der Waals surface area (Å²) in [6.45, 7) is 4.64. The van der Waals surface area contributed by atoms with Crippen molar-refractivity contribution in [2.45, 2.75) is 38.6 Å². The Morgan fingerprint density at radius 1 is 1.20 bits per heavy atom. The summed E-state index contributed by atoms with van der Waals surface area (Å²) in [6, 6.07) is 9.11. The predicted octanol–water partition coefficient (Wildman–Crippen LogP) is 1.68. The lowest BCUT2D eigenvalue weighted by Gasteiger charge is -2.15. The Hall–Kier alpha value is -2.57. The van der Waals surface area contributed by atoms with Gasteiger partial charge in [0.2, 0.25) is 5.91 Å². The Balaban J connectivity index is 1.55. The number of para-hydroxylation sites is 1. The van der Waals surface area contributed by atoms with E-state index in [1.165, 1.54) is 4.90 Å². The molecule has 1 saturated heterocycles. The second kappa shape index (κ2) is 8.50. The SMILES string of the molecule is CC1(C)NC(=O)N(CCCC(=O)NCCCOc2ccccc2)C1=O. The number of nitrogens with one attached hydrogen (secondary N) is 2. The standard InChI is InChI=1S/C18H25N3O4/c1-18(2)16(23)21(17(24)20-18)12-6-10-15(22)19-11-7-13-25-14-8-4-3-5-9-14/h3-5,8-9H,6-7,10-13H2,1-2H3,(H,19,22)(H,20,24). The highest BCUT2D eigenvalue weighted by Gasteiger charge is 2.43. The zero-order chi connectivity index (χ0) is 18.3. The topological polar surface area (TPSA) is 87.7 Å². The van der Waals surface area contributed by atoms with E-state index in [1.54, 1.807) is 13.8 Å². The molecule has 0 aromatic heterocycles. The first kappa shape index (κ1) is 18.8. The van der Waals surface area contributed by atoms with Gasteiger partial charge >= 0.3 is 6.03 Å². The minimum absolute atomic E-state index is 0.0916. The zero-order valence-electron chi connectivity index (χ0n) is 14.7. The van der Waals surface area contributed by atoms with Gasteiger partial charge in [-0.1, -0.05) is 18.2 Å². The summed E-state index contributed by atoms with van der Waals surface area (Å²) in [7, 11) is 0. The molecule has 1 aliphatic rings. The molecule has 0 atom stereocenters. The van der Waals surface area contributed by atoms with E-state index in [0.29, 0.717) is 26.0 Å². The van der Waals surface area contributed by atoms with Crippen molar-refractivity contribution in [1.29, 1.82) is 0 Å². The lowest BCUT2D eigenvalue weighted by Crippen LogP contribution is -2.40. The highest BCUT2D eigenvalue weighted by Crippen LogP contribution is 2.16. The van der Waals surface area contributed by atoms with Gasteiger partial charge in [-0.25, -0.2) is 4.79 Å². The van der Waals surface area contributed by atoms with Gasteiger partial charge in [0.15, 0.2) is 0 Å². The van der Waals surface area contributed by atoms with Crippen molar-refractivity contribution in [2.24, 2.45) is 0 Å². The van der Waals surface area contributed by atoms with Crippen LogP contribution in [0.4, 0.5) is 4.79 Å². The van der Waals surface area contributed by atoms with E-state index in [0.717, 1.165) is 5.75 Å². The van der Waals surface area contributed by atoms with E-state index in [-0.39, 0.29) is 24.8 Å². The van der Waals surface area contributed by atoms with Crippen LogP contribution in [0, 0.1) is 0 Å². The van der Waals surface area contributed by atoms with Crippen LogP contribution in [0.1, 0.15) is 33.1 Å². The normalized spacial score (nSPS) is 15.8. The van der Waals surface area contributed by atoms with E-state index in [4.69, 9.17) is 4.74 Å². The van der Waals surface area contributed by atoms with Crippen LogP contribution < -0.4 is 15.4 Å². The Morgan fingerprint density at radius 3 is 2.56 bits per heavy atom. The summed E-state index contributed by atoms with van der Waals surface area (Å²) in [6.07, 6.45) is 1.43. The molecule has 0 saturated carbocycles. The molecule has 4 amide bonds. The minimum atomic E-state index is -0.863. The quantitative estimate of drug-likeness (QED) is 0.525. The molecule has 25 heavy (non-hydrogen) atoms. The maximum Gasteiger partial charge on any atom is 0.325 e. The molecule has 1 fully saturated rings. The Morgan fingerprint density at radius 2 is 1.92 bits per heavy atom. The summed E-state index contributed by atoms with van der Waals surface area (Å²) in [4.78, 5) is 36.7. The molecule has 2 N–H and O–H groups in total. The molecule has 0 aliphatic carbocycles. The van der Waals surface area contributed by atoms with Crippen LogP contribution in [0.2, 0.25) is 0 Å². The van der Waals surface area contributed by atoms with Crippen molar-refractivity contribution in [1.82, 2.24) is 15.5 Å². The van der Waals surface area contributed by atoms with Crippen LogP contribution in [0.15, 0.2) is 30.3 Å². The van der Waals surface area contributed by atoms with Crippen LogP contribution >= 0.6 is 0 Å². The van der Waals surface area contributed by atoms with E-state index in [2.05, 4.69) is 10.6 Å². The second-order valence-corrected chi connectivity index (χ2v) is 6.48. The van der Waals surface area contributed by atoms with Crippen molar-refractivity contribution in [3.63, 3.8) is 0 Å². The molecule has 7 nitrogen and oxygen atoms in total. The van der Waals surface area contributed by atoms with Crippen molar-refractivity contribution in [2.75, 3.05) is 19.7 Å². The van der Waals surface area contributed by atoms with E-state index in [1.807, 2.05) is 30.3 Å². The summed E-state index contributed by atoms with van der Waals surface area (Å²) >= 11 is 0. The van der Waals surface area contributed by atoms with Crippen LogP contribution in [-0.4, -0.2) is 48.0 Å². The lowest BCUT2D eigenvalue weighted by molar-refractivity contribution is -0.130. The van der Waals surface area contributed by atoms with Gasteiger partial charge in [0.25, 0.3) is 5.91 Å². The Labute approximate surface area is 147 Å². The number of hydrogen-bond donors (Lipinski definition) is 2. The van der Waals surface area contributed by atoms with Gasteiger partial charge in [-0.3, -0.25) is 14.5 Å². The predicted molar refractivity (Wildman–Crippen MR) is 93.1 cm³/mol. The molecule has 2 rings (SSSR count). The molecular formula is C18H25N3O4. The molecule has 1 aliphatic heterocycles.